The van der Waals surface area contributed by atoms with Gasteiger partial charge in [0.1, 0.15) is 0 Å². The molecule has 0 spiro atoms. The summed E-state index contributed by atoms with van der Waals surface area (Å²) in [5.41, 5.74) is 0. The van der Waals surface area contributed by atoms with Gasteiger partial charge < -0.3 is 0 Å². The summed E-state index contributed by atoms with van der Waals surface area (Å²) in [4.78, 5) is 0. The van der Waals surface area contributed by atoms with Gasteiger partial charge in [-0.05, 0) is 0 Å². The van der Waals surface area contributed by atoms with E-state index >= 15 is 0 Å². The van der Waals surface area contributed by atoms with Crippen molar-refractivity contribution in [1.82, 2.24) is 0 Å². The maximum absolute atomic E-state index is 3.54. The minimum Gasteiger partial charge on any atom is -0.0654 e. The van der Waals surface area contributed by atoms with Crippen LogP contribution in [0, 0.1) is 0 Å². The second-order valence-corrected chi connectivity index (χ2v) is 8.34. The molecular weight excluding hydrogens is 192 g/mol. The molecule has 0 amide bonds. The first-order valence-corrected chi connectivity index (χ1v) is 9.77. The maximum Gasteiger partial charge on any atom is 0.0180 e. The third-order valence-electron chi connectivity index (χ3n) is 1.99. The second-order valence-electron chi connectivity index (χ2n) is 3.17. The van der Waals surface area contributed by atoms with Crippen LogP contribution in [0.4, 0.5) is 0 Å². The molecule has 67 valence electrons. The molecule has 7 radical (unpaired) electrons. The van der Waals surface area contributed by atoms with Gasteiger partial charge in [-0.3, -0.25) is 0 Å². The van der Waals surface area contributed by atoms with Gasteiger partial charge in [0, 0.05) is 27.4 Å². The number of rotatable bonds is 9. The molecule has 0 aliphatic carbocycles. The lowest BCUT2D eigenvalue weighted by Crippen LogP contribution is -2.01. The first-order valence-electron chi connectivity index (χ1n) is 5.06. The predicted molar refractivity (Wildman–Crippen MR) is 60.1 cm³/mol. The van der Waals surface area contributed by atoms with Crippen molar-refractivity contribution in [2.45, 2.75) is 57.9 Å². The van der Waals surface area contributed by atoms with E-state index < -0.39 is 0 Å². The van der Waals surface area contributed by atoms with Crippen LogP contribution in [0.5, 0.6) is 0 Å². The molecule has 12 heavy (non-hydrogen) atoms. The molecule has 0 saturated carbocycles. The normalized spacial score (nSPS) is 10.5. The Morgan fingerprint density at radius 2 is 1.50 bits per heavy atom. The van der Waals surface area contributed by atoms with Crippen LogP contribution in [0.2, 0.25) is 6.04 Å². The summed E-state index contributed by atoms with van der Waals surface area (Å²) in [6.07, 6.45) is 10.1. The summed E-state index contributed by atoms with van der Waals surface area (Å²) in [5, 5.41) is 0. The molecule has 3 heteroatoms. The van der Waals surface area contributed by atoms with Crippen molar-refractivity contribution in [2.75, 3.05) is 0 Å². The summed E-state index contributed by atoms with van der Waals surface area (Å²) in [6, 6.07) is 1.45. The summed E-state index contributed by atoms with van der Waals surface area (Å²) < 4.78 is 0. The van der Waals surface area contributed by atoms with Crippen molar-refractivity contribution < 1.29 is 0 Å². The monoisotopic (exact) mass is 211 g/mol. The minimum absolute atomic E-state index is 1.00. The molecule has 0 rings (SSSR count). The van der Waals surface area contributed by atoms with Crippen molar-refractivity contribution >= 4 is 27.4 Å². The molecule has 0 unspecified atom stereocenters. The summed E-state index contributed by atoms with van der Waals surface area (Å²) >= 11 is 0. The lowest BCUT2D eigenvalue weighted by Gasteiger charge is -1.99. The topological polar surface area (TPSA) is 0 Å². The molecule has 0 bridgehead atoms. The molecule has 0 aromatic heterocycles. The molecular formula is C9H19Si3. The molecule has 0 fully saturated rings. The highest BCUT2D eigenvalue weighted by molar-refractivity contribution is 7.23. The third-order valence-corrected chi connectivity index (χ3v) is 5.65. The van der Waals surface area contributed by atoms with Crippen molar-refractivity contribution in [2.24, 2.45) is 0 Å². The van der Waals surface area contributed by atoms with E-state index in [1.54, 1.807) is 0 Å². The minimum atomic E-state index is 1.00. The Hall–Kier alpha value is 0.651. The van der Waals surface area contributed by atoms with Gasteiger partial charge in [0.2, 0.25) is 0 Å². The lowest BCUT2D eigenvalue weighted by molar-refractivity contribution is 0.602. The van der Waals surface area contributed by atoms with Gasteiger partial charge in [0.05, 0.1) is 0 Å². The molecule has 0 atom stereocenters. The second kappa shape index (κ2) is 11.7. The van der Waals surface area contributed by atoms with Gasteiger partial charge in [-0.15, -0.1) is 0 Å². The lowest BCUT2D eigenvalue weighted by atomic mass is 10.1. The fourth-order valence-electron chi connectivity index (χ4n) is 1.23. The van der Waals surface area contributed by atoms with E-state index in [1.165, 1.54) is 60.0 Å². The Kier molecular flexibility index (Phi) is 12.3. The maximum atomic E-state index is 3.54. The third kappa shape index (κ3) is 10.7. The van der Waals surface area contributed by atoms with Crippen LogP contribution in [0.1, 0.15) is 51.9 Å². The van der Waals surface area contributed by atoms with Gasteiger partial charge in [0.15, 0.2) is 0 Å². The highest BCUT2D eigenvalue weighted by Crippen LogP contribution is 2.07. The van der Waals surface area contributed by atoms with Crippen LogP contribution in [-0.2, 0) is 0 Å². The molecule has 0 N–H and O–H groups in total. The van der Waals surface area contributed by atoms with Crippen LogP contribution in [0.25, 0.3) is 0 Å². The fourth-order valence-corrected chi connectivity index (χ4v) is 3.82. The van der Waals surface area contributed by atoms with Gasteiger partial charge in [-0.1, -0.05) is 57.9 Å². The number of hydrogen-bond donors (Lipinski definition) is 0. The Morgan fingerprint density at radius 1 is 0.917 bits per heavy atom. The smallest absolute Gasteiger partial charge is 0.0180 e. The zero-order valence-corrected chi connectivity index (χ0v) is 11.2. The standard InChI is InChI=1S/C9H19Si3/c1-2-3-4-5-6-7-8-9-11-12-10/h2-9H2,1H3. The molecule has 0 aliphatic rings. The van der Waals surface area contributed by atoms with Crippen molar-refractivity contribution in [1.29, 1.82) is 0 Å². The van der Waals surface area contributed by atoms with Gasteiger partial charge in [-0.25, -0.2) is 0 Å². The fraction of sp³-hybridized carbons (Fsp3) is 1.00. The summed E-state index contributed by atoms with van der Waals surface area (Å²) in [5.74, 6) is 0. The highest BCUT2D eigenvalue weighted by Gasteiger charge is 1.90. The van der Waals surface area contributed by atoms with E-state index in [0.717, 1.165) is 8.55 Å². The molecule has 0 nitrogen and oxygen atoms in total. The van der Waals surface area contributed by atoms with Crippen LogP contribution in [-0.4, -0.2) is 27.4 Å². The summed E-state index contributed by atoms with van der Waals surface area (Å²) in [7, 11) is 5.71. The van der Waals surface area contributed by atoms with Gasteiger partial charge >= 0.3 is 0 Å². The zero-order valence-electron chi connectivity index (χ0n) is 8.16. The SMILES string of the molecule is CCCCCCCCC[Si][Si][Si]. The van der Waals surface area contributed by atoms with Gasteiger partial charge in [-0.2, -0.15) is 0 Å². The van der Waals surface area contributed by atoms with Crippen molar-refractivity contribution in [3.8, 4) is 0 Å². The van der Waals surface area contributed by atoms with E-state index in [9.17, 15) is 0 Å². The largest absolute Gasteiger partial charge is 0.0654 e. The van der Waals surface area contributed by atoms with E-state index in [-0.39, 0.29) is 0 Å². The van der Waals surface area contributed by atoms with E-state index in [0.29, 0.717) is 0 Å². The molecule has 0 saturated heterocycles. The van der Waals surface area contributed by atoms with Crippen LogP contribution >= 0.6 is 0 Å². The Labute approximate surface area is 85.6 Å². The average Bonchev–Trinajstić information content (AvgIpc) is 2.10. The zero-order chi connectivity index (χ0) is 9.07. The van der Waals surface area contributed by atoms with Crippen molar-refractivity contribution in [3.63, 3.8) is 0 Å². The number of unbranched alkanes of at least 4 members (excludes halogenated alkanes) is 6. The molecule has 0 heterocycles. The van der Waals surface area contributed by atoms with Gasteiger partial charge in [0.25, 0.3) is 0 Å². The quantitative estimate of drug-likeness (QED) is 0.406. The average molecular weight is 212 g/mol. The van der Waals surface area contributed by atoms with E-state index in [1.807, 2.05) is 0 Å². The Balaban J connectivity index is 2.73. The molecule has 0 aromatic carbocycles. The van der Waals surface area contributed by atoms with Crippen LogP contribution < -0.4 is 0 Å². The number of hydrogen-bond acceptors (Lipinski definition) is 0. The molecule has 0 aliphatic heterocycles. The highest BCUT2D eigenvalue weighted by atomic mass is 29.5. The Bertz CT molecular complexity index is 66.2. The Morgan fingerprint density at radius 3 is 2.08 bits per heavy atom. The summed E-state index contributed by atoms with van der Waals surface area (Å²) in [6.45, 7) is 2.28. The van der Waals surface area contributed by atoms with E-state index in [4.69, 9.17) is 0 Å². The molecule has 0 aromatic rings. The predicted octanol–water partition coefficient (Wildman–Crippen LogP) is 2.56. The van der Waals surface area contributed by atoms with Crippen LogP contribution in [0.15, 0.2) is 0 Å². The first-order chi connectivity index (χ1) is 5.91. The van der Waals surface area contributed by atoms with Crippen molar-refractivity contribution in [3.05, 3.63) is 0 Å². The van der Waals surface area contributed by atoms with Crippen LogP contribution in [0.3, 0.4) is 0 Å². The van der Waals surface area contributed by atoms with E-state index in [2.05, 4.69) is 16.7 Å². The first kappa shape index (κ1) is 12.7.